The number of amides is 2. The van der Waals surface area contributed by atoms with Gasteiger partial charge in [-0.3, -0.25) is 9.59 Å². The lowest BCUT2D eigenvalue weighted by Gasteiger charge is -2.32. The minimum Gasteiger partial charge on any atom is -0.354 e. The first-order valence-electron chi connectivity index (χ1n) is 14.6. The lowest BCUT2D eigenvalue weighted by atomic mass is 10.0. The van der Waals surface area contributed by atoms with E-state index in [4.69, 9.17) is 11.6 Å². The summed E-state index contributed by atoms with van der Waals surface area (Å²) in [6.07, 6.45) is 3.55. The van der Waals surface area contributed by atoms with Crippen LogP contribution in [-0.2, 0) is 39.0 Å². The van der Waals surface area contributed by atoms with E-state index in [-0.39, 0.29) is 35.7 Å². The zero-order valence-corrected chi connectivity index (χ0v) is 25.8. The maximum atomic E-state index is 13.9. The van der Waals surface area contributed by atoms with E-state index in [9.17, 15) is 18.0 Å². The van der Waals surface area contributed by atoms with Crippen LogP contribution in [0.1, 0.15) is 56.2 Å². The molecule has 0 unspecified atom stereocenters. The van der Waals surface area contributed by atoms with Crippen LogP contribution in [0, 0.1) is 5.92 Å². The maximum absolute atomic E-state index is 13.9. The highest BCUT2D eigenvalue weighted by molar-refractivity contribution is 7.89. The van der Waals surface area contributed by atoms with Crippen molar-refractivity contribution in [2.45, 2.75) is 75.9 Å². The topological polar surface area (TPSA) is 95.6 Å². The fourth-order valence-corrected chi connectivity index (χ4v) is 6.09. The van der Waals surface area contributed by atoms with Gasteiger partial charge in [0.15, 0.2) is 0 Å². The van der Waals surface area contributed by atoms with Gasteiger partial charge >= 0.3 is 0 Å². The predicted molar refractivity (Wildman–Crippen MR) is 167 cm³/mol. The molecule has 1 atom stereocenters. The molecule has 2 amide bonds. The molecule has 3 aromatic rings. The maximum Gasteiger partial charge on any atom is 0.243 e. The zero-order chi connectivity index (χ0) is 30.1. The quantitative estimate of drug-likeness (QED) is 0.237. The van der Waals surface area contributed by atoms with E-state index in [0.29, 0.717) is 30.3 Å². The third-order valence-electron chi connectivity index (χ3n) is 7.32. The number of nitrogens with one attached hydrogen (secondary N) is 2. The van der Waals surface area contributed by atoms with Gasteiger partial charge in [-0.2, -0.15) is 0 Å². The fraction of sp³-hybridized carbons (Fsp3) is 0.394. The van der Waals surface area contributed by atoms with Crippen molar-refractivity contribution in [2.24, 2.45) is 5.92 Å². The van der Waals surface area contributed by atoms with E-state index in [0.717, 1.165) is 36.0 Å². The summed E-state index contributed by atoms with van der Waals surface area (Å²) < 4.78 is 27.7. The summed E-state index contributed by atoms with van der Waals surface area (Å²) in [7, 11) is -3.54. The van der Waals surface area contributed by atoms with Crippen LogP contribution >= 0.6 is 11.6 Å². The standard InChI is InChI=1S/C33H40ClN3O4S/c1-24(2)20-21-35-33(39)31(22-26-6-4-3-5-7-26)37(23-27-8-13-28(34)14-9-27)32(38)19-12-25-10-17-30(18-11-25)42(40,41)36-29-15-16-29/h3-11,13-14,17-18,24,29,31,36H,12,15-16,19-23H2,1-2H3,(H,35,39)/t31-/m0/s1. The molecule has 0 bridgehead atoms. The number of carbonyl (C=O) groups excluding carboxylic acids is 2. The number of benzene rings is 3. The van der Waals surface area contributed by atoms with Crippen molar-refractivity contribution >= 4 is 33.4 Å². The van der Waals surface area contributed by atoms with Crippen molar-refractivity contribution in [1.29, 1.82) is 0 Å². The molecular weight excluding hydrogens is 570 g/mol. The number of halogens is 1. The molecule has 1 aliphatic rings. The van der Waals surface area contributed by atoms with Crippen molar-refractivity contribution in [3.05, 3.63) is 101 Å². The van der Waals surface area contributed by atoms with Gasteiger partial charge in [-0.25, -0.2) is 13.1 Å². The van der Waals surface area contributed by atoms with Gasteiger partial charge in [-0.15, -0.1) is 0 Å². The molecule has 0 aromatic heterocycles. The van der Waals surface area contributed by atoms with E-state index in [1.165, 1.54) is 0 Å². The van der Waals surface area contributed by atoms with Crippen LogP contribution in [-0.4, -0.2) is 43.8 Å². The molecule has 4 rings (SSSR count). The first kappa shape index (κ1) is 31.7. The number of rotatable bonds is 15. The van der Waals surface area contributed by atoms with Crippen LogP contribution in [0.4, 0.5) is 0 Å². The summed E-state index contributed by atoms with van der Waals surface area (Å²) >= 11 is 6.11. The molecule has 0 aliphatic heterocycles. The first-order valence-corrected chi connectivity index (χ1v) is 16.4. The van der Waals surface area contributed by atoms with Crippen molar-refractivity contribution in [1.82, 2.24) is 14.9 Å². The first-order chi connectivity index (χ1) is 20.1. The third kappa shape index (κ3) is 9.68. The summed E-state index contributed by atoms with van der Waals surface area (Å²) in [5.74, 6) is 0.104. The Morgan fingerprint density at radius 1 is 0.905 bits per heavy atom. The highest BCUT2D eigenvalue weighted by Crippen LogP contribution is 2.23. The Balaban J connectivity index is 1.53. The number of nitrogens with zero attached hydrogens (tertiary/aromatic N) is 1. The van der Waals surface area contributed by atoms with Gasteiger partial charge in [0.1, 0.15) is 6.04 Å². The smallest absolute Gasteiger partial charge is 0.243 e. The monoisotopic (exact) mass is 609 g/mol. The zero-order valence-electron chi connectivity index (χ0n) is 24.3. The lowest BCUT2D eigenvalue weighted by molar-refractivity contribution is -0.141. The minimum atomic E-state index is -3.54. The molecule has 0 heterocycles. The molecule has 3 aromatic carbocycles. The Morgan fingerprint density at radius 3 is 2.17 bits per heavy atom. The molecular formula is C33H40ClN3O4S. The summed E-state index contributed by atoms with van der Waals surface area (Å²) in [4.78, 5) is 29.4. The Labute approximate surface area is 254 Å². The molecule has 1 fully saturated rings. The molecule has 0 saturated heterocycles. The van der Waals surface area contributed by atoms with E-state index in [1.54, 1.807) is 41.3 Å². The average molecular weight is 610 g/mol. The van der Waals surface area contributed by atoms with Crippen molar-refractivity contribution in [3.63, 3.8) is 0 Å². The van der Waals surface area contributed by atoms with Gasteiger partial charge < -0.3 is 10.2 Å². The number of hydrogen-bond donors (Lipinski definition) is 2. The van der Waals surface area contributed by atoms with Crippen molar-refractivity contribution < 1.29 is 18.0 Å². The van der Waals surface area contributed by atoms with Crippen LogP contribution in [0.15, 0.2) is 83.8 Å². The van der Waals surface area contributed by atoms with Crippen molar-refractivity contribution in [3.8, 4) is 0 Å². The molecule has 42 heavy (non-hydrogen) atoms. The molecule has 0 radical (unpaired) electrons. The lowest BCUT2D eigenvalue weighted by Crippen LogP contribution is -2.50. The number of hydrogen-bond acceptors (Lipinski definition) is 4. The summed E-state index contributed by atoms with van der Waals surface area (Å²) in [5, 5.41) is 3.66. The Kier molecular flexibility index (Phi) is 11.2. The van der Waals surface area contributed by atoms with Gasteiger partial charge in [-0.05, 0) is 72.6 Å². The van der Waals surface area contributed by atoms with Gasteiger partial charge in [0, 0.05) is 37.0 Å². The summed E-state index contributed by atoms with van der Waals surface area (Å²) in [6, 6.07) is 23.0. The predicted octanol–water partition coefficient (Wildman–Crippen LogP) is 5.52. The van der Waals surface area contributed by atoms with Gasteiger partial charge in [0.25, 0.3) is 0 Å². The van der Waals surface area contributed by atoms with Crippen LogP contribution < -0.4 is 10.0 Å². The van der Waals surface area contributed by atoms with E-state index >= 15 is 0 Å². The van der Waals surface area contributed by atoms with E-state index < -0.39 is 16.1 Å². The molecule has 224 valence electrons. The SMILES string of the molecule is CC(C)CCNC(=O)[C@H](Cc1ccccc1)N(Cc1ccc(Cl)cc1)C(=O)CCc1ccc(S(=O)(=O)NC2CC2)cc1. The van der Waals surface area contributed by atoms with Crippen LogP contribution in [0.3, 0.4) is 0 Å². The second kappa shape index (κ2) is 14.8. The highest BCUT2D eigenvalue weighted by atomic mass is 35.5. The fourth-order valence-electron chi connectivity index (χ4n) is 4.66. The number of aryl methyl sites for hydroxylation is 1. The van der Waals surface area contributed by atoms with Gasteiger partial charge in [0.05, 0.1) is 4.90 Å². The molecule has 2 N–H and O–H groups in total. The van der Waals surface area contributed by atoms with Crippen molar-refractivity contribution in [2.75, 3.05) is 6.54 Å². The second-order valence-corrected chi connectivity index (χ2v) is 13.5. The van der Waals surface area contributed by atoms with E-state index in [2.05, 4.69) is 23.9 Å². The number of sulfonamides is 1. The Morgan fingerprint density at radius 2 is 1.55 bits per heavy atom. The average Bonchev–Trinajstić information content (AvgIpc) is 3.78. The number of carbonyl (C=O) groups is 2. The highest BCUT2D eigenvalue weighted by Gasteiger charge is 2.30. The van der Waals surface area contributed by atoms with Gasteiger partial charge in [-0.1, -0.05) is 80.0 Å². The summed E-state index contributed by atoms with van der Waals surface area (Å²) in [6.45, 7) is 5.01. The van der Waals surface area contributed by atoms with Crippen LogP contribution in [0.25, 0.3) is 0 Å². The van der Waals surface area contributed by atoms with E-state index in [1.807, 2.05) is 42.5 Å². The third-order valence-corrected chi connectivity index (χ3v) is 9.11. The van der Waals surface area contributed by atoms with Crippen LogP contribution in [0.5, 0.6) is 0 Å². The minimum absolute atomic E-state index is 0.0327. The Bertz CT molecular complexity index is 1420. The molecule has 1 saturated carbocycles. The molecule has 7 nitrogen and oxygen atoms in total. The molecule has 0 spiro atoms. The Hall–Kier alpha value is -3.20. The molecule has 1 aliphatic carbocycles. The van der Waals surface area contributed by atoms with Gasteiger partial charge in [0.2, 0.25) is 21.8 Å². The molecule has 9 heteroatoms. The second-order valence-electron chi connectivity index (χ2n) is 11.4. The normalized spacial score (nSPS) is 14.0. The van der Waals surface area contributed by atoms with Crippen LogP contribution in [0.2, 0.25) is 5.02 Å². The summed E-state index contributed by atoms with van der Waals surface area (Å²) in [5.41, 5.74) is 2.69. The largest absolute Gasteiger partial charge is 0.354 e.